The van der Waals surface area contributed by atoms with Gasteiger partial charge in [-0.15, -0.1) is 0 Å². The van der Waals surface area contributed by atoms with E-state index in [9.17, 15) is 0 Å². The average Bonchev–Trinajstić information content (AvgIpc) is 2.14. The predicted molar refractivity (Wildman–Crippen MR) is 68.5 cm³/mol. The van der Waals surface area contributed by atoms with Gasteiger partial charge >= 0.3 is 0 Å². The molecule has 1 aromatic rings. The number of benzene rings is 1. The van der Waals surface area contributed by atoms with E-state index in [4.69, 9.17) is 22.7 Å². The molecule has 0 saturated heterocycles. The SMILES string of the molecule is CN(c1cc(Cl)ccc1C(=N)N)C1CCC1. The number of rotatable bonds is 3. The van der Waals surface area contributed by atoms with Gasteiger partial charge in [0.25, 0.3) is 0 Å². The minimum atomic E-state index is 0.0952. The van der Waals surface area contributed by atoms with Crippen molar-refractivity contribution < 1.29 is 0 Å². The highest BCUT2D eigenvalue weighted by molar-refractivity contribution is 6.31. The third kappa shape index (κ3) is 2.00. The molecule has 0 amide bonds. The first-order valence-electron chi connectivity index (χ1n) is 5.46. The summed E-state index contributed by atoms with van der Waals surface area (Å²) in [4.78, 5) is 2.19. The van der Waals surface area contributed by atoms with Crippen LogP contribution in [0.1, 0.15) is 24.8 Å². The van der Waals surface area contributed by atoms with Crippen molar-refractivity contribution in [2.45, 2.75) is 25.3 Å². The van der Waals surface area contributed by atoms with Crippen molar-refractivity contribution >= 4 is 23.1 Å². The van der Waals surface area contributed by atoms with E-state index in [2.05, 4.69) is 4.90 Å². The minimum Gasteiger partial charge on any atom is -0.384 e. The molecule has 86 valence electrons. The molecular formula is C12H16ClN3. The largest absolute Gasteiger partial charge is 0.384 e. The fourth-order valence-corrected chi connectivity index (χ4v) is 2.16. The van der Waals surface area contributed by atoms with E-state index in [1.807, 2.05) is 19.2 Å². The van der Waals surface area contributed by atoms with Crippen molar-refractivity contribution in [2.75, 3.05) is 11.9 Å². The van der Waals surface area contributed by atoms with Crippen molar-refractivity contribution in [2.24, 2.45) is 5.73 Å². The molecule has 1 aromatic carbocycles. The van der Waals surface area contributed by atoms with E-state index in [1.54, 1.807) is 6.07 Å². The zero-order valence-corrected chi connectivity index (χ0v) is 10.1. The van der Waals surface area contributed by atoms with Gasteiger partial charge in [0.1, 0.15) is 5.84 Å². The number of anilines is 1. The summed E-state index contributed by atoms with van der Waals surface area (Å²) in [6.45, 7) is 0. The Kier molecular flexibility index (Phi) is 3.06. The summed E-state index contributed by atoms with van der Waals surface area (Å²) in [5, 5.41) is 8.25. The number of nitrogen functional groups attached to an aromatic ring is 1. The summed E-state index contributed by atoms with van der Waals surface area (Å²) in [7, 11) is 2.04. The number of hydrogen-bond donors (Lipinski definition) is 2. The van der Waals surface area contributed by atoms with Crippen molar-refractivity contribution in [3.63, 3.8) is 0 Å². The highest BCUT2D eigenvalue weighted by Gasteiger charge is 2.24. The lowest BCUT2D eigenvalue weighted by Crippen LogP contribution is -2.38. The van der Waals surface area contributed by atoms with Gasteiger partial charge in [0.2, 0.25) is 0 Å². The van der Waals surface area contributed by atoms with Gasteiger partial charge in [-0.05, 0) is 37.5 Å². The van der Waals surface area contributed by atoms with E-state index >= 15 is 0 Å². The maximum Gasteiger partial charge on any atom is 0.124 e. The molecule has 2 rings (SSSR count). The van der Waals surface area contributed by atoms with Gasteiger partial charge < -0.3 is 10.6 Å². The van der Waals surface area contributed by atoms with Crippen molar-refractivity contribution in [3.8, 4) is 0 Å². The fraction of sp³-hybridized carbons (Fsp3) is 0.417. The molecule has 1 saturated carbocycles. The number of halogens is 1. The molecule has 0 bridgehead atoms. The van der Waals surface area contributed by atoms with Gasteiger partial charge in [-0.1, -0.05) is 11.6 Å². The van der Waals surface area contributed by atoms with E-state index in [0.29, 0.717) is 11.1 Å². The van der Waals surface area contributed by atoms with Gasteiger partial charge in [-0.2, -0.15) is 0 Å². The standard InChI is InChI=1S/C12H16ClN3/c1-16(9-3-2-4-9)11-7-8(13)5-6-10(11)12(14)15/h5-7,9H,2-4H2,1H3,(H3,14,15). The van der Waals surface area contributed by atoms with Gasteiger partial charge in [0.15, 0.2) is 0 Å². The summed E-state index contributed by atoms with van der Waals surface area (Å²) in [5.41, 5.74) is 7.30. The summed E-state index contributed by atoms with van der Waals surface area (Å²) in [6, 6.07) is 6.04. The van der Waals surface area contributed by atoms with E-state index < -0.39 is 0 Å². The third-order valence-electron chi connectivity index (χ3n) is 3.25. The summed E-state index contributed by atoms with van der Waals surface area (Å²) in [5.74, 6) is 0.0952. The monoisotopic (exact) mass is 237 g/mol. The Labute approximate surface area is 101 Å². The second kappa shape index (κ2) is 4.34. The number of amidine groups is 1. The lowest BCUT2D eigenvalue weighted by Gasteiger charge is -2.37. The van der Waals surface area contributed by atoms with Crippen LogP contribution in [0.4, 0.5) is 5.69 Å². The van der Waals surface area contributed by atoms with Crippen LogP contribution in [-0.4, -0.2) is 18.9 Å². The van der Waals surface area contributed by atoms with Gasteiger partial charge in [0.05, 0.1) is 0 Å². The van der Waals surface area contributed by atoms with Crippen LogP contribution in [0.3, 0.4) is 0 Å². The molecule has 0 atom stereocenters. The first-order valence-corrected chi connectivity index (χ1v) is 5.84. The Bertz CT molecular complexity index is 413. The molecule has 0 heterocycles. The Morgan fingerprint density at radius 1 is 1.50 bits per heavy atom. The molecule has 1 fully saturated rings. The van der Waals surface area contributed by atoms with Crippen molar-refractivity contribution in [3.05, 3.63) is 28.8 Å². The summed E-state index contributed by atoms with van der Waals surface area (Å²) < 4.78 is 0. The van der Waals surface area contributed by atoms with E-state index in [0.717, 1.165) is 11.3 Å². The molecule has 1 aliphatic rings. The first-order chi connectivity index (χ1) is 7.59. The predicted octanol–water partition coefficient (Wildman–Crippen LogP) is 2.61. The zero-order chi connectivity index (χ0) is 11.7. The van der Waals surface area contributed by atoms with Crippen molar-refractivity contribution in [1.29, 1.82) is 5.41 Å². The van der Waals surface area contributed by atoms with Crippen LogP contribution >= 0.6 is 11.6 Å². The average molecular weight is 238 g/mol. The fourth-order valence-electron chi connectivity index (χ4n) is 2.00. The van der Waals surface area contributed by atoms with Gasteiger partial charge in [-0.25, -0.2) is 0 Å². The van der Waals surface area contributed by atoms with Crippen molar-refractivity contribution in [1.82, 2.24) is 0 Å². The van der Waals surface area contributed by atoms with Crippen LogP contribution in [0, 0.1) is 5.41 Å². The summed E-state index contributed by atoms with van der Waals surface area (Å²) >= 11 is 5.99. The Morgan fingerprint density at radius 3 is 2.69 bits per heavy atom. The maximum absolute atomic E-state index is 7.56. The Balaban J connectivity index is 2.36. The van der Waals surface area contributed by atoms with Crippen LogP contribution in [0.15, 0.2) is 18.2 Å². The second-order valence-electron chi connectivity index (χ2n) is 4.27. The quantitative estimate of drug-likeness (QED) is 0.627. The van der Waals surface area contributed by atoms with Crippen LogP contribution in [0.2, 0.25) is 5.02 Å². The molecule has 1 aliphatic carbocycles. The topological polar surface area (TPSA) is 53.1 Å². The van der Waals surface area contributed by atoms with Crippen LogP contribution < -0.4 is 10.6 Å². The van der Waals surface area contributed by atoms with E-state index in [-0.39, 0.29) is 5.84 Å². The molecule has 0 spiro atoms. The number of hydrogen-bond acceptors (Lipinski definition) is 2. The Hall–Kier alpha value is -1.22. The van der Waals surface area contributed by atoms with E-state index in [1.165, 1.54) is 19.3 Å². The smallest absolute Gasteiger partial charge is 0.124 e. The second-order valence-corrected chi connectivity index (χ2v) is 4.71. The van der Waals surface area contributed by atoms with Gasteiger partial charge in [0, 0.05) is 29.4 Å². The number of nitrogens with zero attached hydrogens (tertiary/aromatic N) is 1. The molecule has 3 nitrogen and oxygen atoms in total. The molecule has 0 unspecified atom stereocenters. The minimum absolute atomic E-state index is 0.0952. The summed E-state index contributed by atoms with van der Waals surface area (Å²) in [6.07, 6.45) is 3.70. The normalized spacial score (nSPS) is 15.6. The molecule has 3 N–H and O–H groups in total. The van der Waals surface area contributed by atoms with Crippen LogP contribution in [-0.2, 0) is 0 Å². The Morgan fingerprint density at radius 2 is 2.19 bits per heavy atom. The maximum atomic E-state index is 7.56. The molecular weight excluding hydrogens is 222 g/mol. The highest BCUT2D eigenvalue weighted by Crippen LogP contribution is 2.31. The first kappa shape index (κ1) is 11.3. The lowest BCUT2D eigenvalue weighted by atomic mass is 9.91. The third-order valence-corrected chi connectivity index (χ3v) is 3.49. The zero-order valence-electron chi connectivity index (χ0n) is 9.33. The molecule has 0 aliphatic heterocycles. The van der Waals surface area contributed by atoms with Crippen LogP contribution in [0.5, 0.6) is 0 Å². The molecule has 0 radical (unpaired) electrons. The lowest BCUT2D eigenvalue weighted by molar-refractivity contribution is 0.401. The number of nitrogens with one attached hydrogen (secondary N) is 1. The molecule has 0 aromatic heterocycles. The highest BCUT2D eigenvalue weighted by atomic mass is 35.5. The van der Waals surface area contributed by atoms with Gasteiger partial charge in [-0.3, -0.25) is 5.41 Å². The number of nitrogens with two attached hydrogens (primary N) is 1. The molecule has 4 heteroatoms. The molecule has 16 heavy (non-hydrogen) atoms. The van der Waals surface area contributed by atoms with Crippen LogP contribution in [0.25, 0.3) is 0 Å².